The Morgan fingerprint density at radius 1 is 1.62 bits per heavy atom. The van der Waals surface area contributed by atoms with Crippen LogP contribution in [0.4, 0.5) is 5.69 Å². The van der Waals surface area contributed by atoms with E-state index in [1.165, 1.54) is 0 Å². The van der Waals surface area contributed by atoms with Gasteiger partial charge in [-0.25, -0.2) is 0 Å². The third-order valence-corrected chi connectivity index (χ3v) is 2.77. The van der Waals surface area contributed by atoms with Crippen LogP contribution < -0.4 is 11.1 Å². The van der Waals surface area contributed by atoms with Crippen LogP contribution >= 0.6 is 11.6 Å². The number of aliphatic carboxylic acids is 1. The summed E-state index contributed by atoms with van der Waals surface area (Å²) in [7, 11) is 0. The average Bonchev–Trinajstić information content (AvgIpc) is 2.24. The maximum Gasteiger partial charge on any atom is 0.320 e. The number of halogens is 1. The molecule has 4 nitrogen and oxygen atoms in total. The van der Waals surface area contributed by atoms with E-state index in [1.807, 2.05) is 25.1 Å². The largest absolute Gasteiger partial charge is 0.480 e. The van der Waals surface area contributed by atoms with E-state index in [-0.39, 0.29) is 0 Å². The van der Waals surface area contributed by atoms with E-state index in [0.29, 0.717) is 18.0 Å². The molecule has 1 aromatic rings. The summed E-state index contributed by atoms with van der Waals surface area (Å²) in [6, 6.07) is 4.72. The van der Waals surface area contributed by atoms with E-state index in [0.717, 1.165) is 11.3 Å². The first-order valence-corrected chi connectivity index (χ1v) is 5.37. The minimum absolute atomic E-state index is 0.376. The van der Waals surface area contributed by atoms with Crippen molar-refractivity contribution in [1.29, 1.82) is 0 Å². The molecule has 0 heterocycles. The van der Waals surface area contributed by atoms with Gasteiger partial charge in [0, 0.05) is 17.3 Å². The lowest BCUT2D eigenvalue weighted by molar-refractivity contribution is -0.138. The topological polar surface area (TPSA) is 75.3 Å². The summed E-state index contributed by atoms with van der Waals surface area (Å²) in [4.78, 5) is 10.5. The number of anilines is 1. The molecule has 0 saturated heterocycles. The Morgan fingerprint density at radius 3 is 2.94 bits per heavy atom. The monoisotopic (exact) mass is 242 g/mol. The van der Waals surface area contributed by atoms with Crippen molar-refractivity contribution in [1.82, 2.24) is 0 Å². The number of carboxylic acids is 1. The van der Waals surface area contributed by atoms with Crippen molar-refractivity contribution in [2.24, 2.45) is 5.73 Å². The molecular formula is C11H15ClN2O2. The van der Waals surface area contributed by atoms with Gasteiger partial charge in [-0.05, 0) is 31.0 Å². The van der Waals surface area contributed by atoms with Crippen LogP contribution in [0.5, 0.6) is 0 Å². The zero-order valence-corrected chi connectivity index (χ0v) is 9.79. The van der Waals surface area contributed by atoms with Gasteiger partial charge in [-0.15, -0.1) is 0 Å². The quantitative estimate of drug-likeness (QED) is 0.737. The molecule has 0 aliphatic rings. The molecule has 1 atom stereocenters. The molecule has 16 heavy (non-hydrogen) atoms. The molecule has 0 radical (unpaired) electrons. The van der Waals surface area contributed by atoms with E-state index < -0.39 is 12.0 Å². The van der Waals surface area contributed by atoms with Gasteiger partial charge < -0.3 is 16.2 Å². The second kappa shape index (κ2) is 5.72. The van der Waals surface area contributed by atoms with Gasteiger partial charge in [0.25, 0.3) is 0 Å². The van der Waals surface area contributed by atoms with Gasteiger partial charge in [-0.3, -0.25) is 4.79 Å². The standard InChI is InChI=1S/C11H15ClN2O2/c1-7-8(12)3-2-4-10(7)14-6-5-9(13)11(15)16/h2-4,9,14H,5-6,13H2,1H3,(H,15,16). The Hall–Kier alpha value is -1.26. The predicted octanol–water partition coefficient (Wildman–Crippen LogP) is 1.86. The first-order valence-electron chi connectivity index (χ1n) is 4.99. The van der Waals surface area contributed by atoms with Crippen LogP contribution in [0, 0.1) is 6.92 Å². The zero-order chi connectivity index (χ0) is 12.1. The smallest absolute Gasteiger partial charge is 0.320 e. The lowest BCUT2D eigenvalue weighted by atomic mass is 10.2. The maximum atomic E-state index is 10.5. The van der Waals surface area contributed by atoms with Crippen molar-refractivity contribution in [3.05, 3.63) is 28.8 Å². The Labute approximate surface area is 99.4 Å². The summed E-state index contributed by atoms with van der Waals surface area (Å²) in [5.74, 6) is -0.982. The normalized spacial score (nSPS) is 12.2. The zero-order valence-electron chi connectivity index (χ0n) is 9.03. The van der Waals surface area contributed by atoms with Crippen LogP contribution in [0.2, 0.25) is 5.02 Å². The van der Waals surface area contributed by atoms with Gasteiger partial charge in [0.05, 0.1) is 0 Å². The van der Waals surface area contributed by atoms with Crippen molar-refractivity contribution in [2.45, 2.75) is 19.4 Å². The van der Waals surface area contributed by atoms with Crippen molar-refractivity contribution in [2.75, 3.05) is 11.9 Å². The summed E-state index contributed by atoms with van der Waals surface area (Å²) in [5, 5.41) is 12.4. The molecule has 0 fully saturated rings. The summed E-state index contributed by atoms with van der Waals surface area (Å²) in [6.45, 7) is 2.41. The fourth-order valence-corrected chi connectivity index (χ4v) is 1.46. The number of nitrogens with two attached hydrogens (primary N) is 1. The minimum atomic E-state index is -0.982. The molecule has 0 aromatic heterocycles. The summed E-state index contributed by atoms with van der Waals surface area (Å²) < 4.78 is 0. The van der Waals surface area contributed by atoms with E-state index in [2.05, 4.69) is 5.32 Å². The molecule has 0 spiro atoms. The van der Waals surface area contributed by atoms with Crippen molar-refractivity contribution >= 4 is 23.3 Å². The van der Waals surface area contributed by atoms with Gasteiger partial charge in [0.15, 0.2) is 0 Å². The maximum absolute atomic E-state index is 10.5. The highest BCUT2D eigenvalue weighted by atomic mass is 35.5. The highest BCUT2D eigenvalue weighted by Crippen LogP contribution is 2.22. The number of nitrogens with one attached hydrogen (secondary N) is 1. The fraction of sp³-hybridized carbons (Fsp3) is 0.364. The SMILES string of the molecule is Cc1c(Cl)cccc1NCCC(N)C(=O)O. The Morgan fingerprint density at radius 2 is 2.31 bits per heavy atom. The highest BCUT2D eigenvalue weighted by Gasteiger charge is 2.10. The summed E-state index contributed by atoms with van der Waals surface area (Å²) in [6.07, 6.45) is 0.376. The molecule has 0 saturated carbocycles. The lowest BCUT2D eigenvalue weighted by Gasteiger charge is -2.11. The molecule has 0 bridgehead atoms. The molecule has 1 aromatic carbocycles. The number of hydrogen-bond donors (Lipinski definition) is 3. The number of benzene rings is 1. The number of rotatable bonds is 5. The molecule has 0 aliphatic carbocycles. The van der Waals surface area contributed by atoms with E-state index >= 15 is 0 Å². The first kappa shape index (κ1) is 12.8. The summed E-state index contributed by atoms with van der Waals surface area (Å²) in [5.41, 5.74) is 7.24. The van der Waals surface area contributed by atoms with Crippen LogP contribution in [0.15, 0.2) is 18.2 Å². The molecule has 4 N–H and O–H groups in total. The number of carboxylic acid groups (broad SMARTS) is 1. The average molecular weight is 243 g/mol. The highest BCUT2D eigenvalue weighted by molar-refractivity contribution is 6.31. The Balaban J connectivity index is 2.49. The van der Waals surface area contributed by atoms with Crippen LogP contribution in [0.3, 0.4) is 0 Å². The lowest BCUT2D eigenvalue weighted by Crippen LogP contribution is -2.32. The minimum Gasteiger partial charge on any atom is -0.480 e. The second-order valence-electron chi connectivity index (χ2n) is 3.57. The predicted molar refractivity (Wildman–Crippen MR) is 64.9 cm³/mol. The van der Waals surface area contributed by atoms with Gasteiger partial charge in [-0.2, -0.15) is 0 Å². The van der Waals surface area contributed by atoms with E-state index in [1.54, 1.807) is 0 Å². The Bertz CT molecular complexity index is 382. The molecule has 1 unspecified atom stereocenters. The molecule has 0 aliphatic heterocycles. The van der Waals surface area contributed by atoms with E-state index in [4.69, 9.17) is 22.4 Å². The molecule has 5 heteroatoms. The molecule has 88 valence electrons. The van der Waals surface area contributed by atoms with E-state index in [9.17, 15) is 4.79 Å². The van der Waals surface area contributed by atoms with Crippen LogP contribution in [-0.4, -0.2) is 23.7 Å². The number of hydrogen-bond acceptors (Lipinski definition) is 3. The van der Waals surface area contributed by atoms with Crippen molar-refractivity contribution < 1.29 is 9.90 Å². The van der Waals surface area contributed by atoms with Gasteiger partial charge in [-0.1, -0.05) is 17.7 Å². The van der Waals surface area contributed by atoms with Gasteiger partial charge in [0.2, 0.25) is 0 Å². The van der Waals surface area contributed by atoms with Crippen LogP contribution in [0.1, 0.15) is 12.0 Å². The fourth-order valence-electron chi connectivity index (χ4n) is 1.28. The third-order valence-electron chi connectivity index (χ3n) is 2.36. The summed E-state index contributed by atoms with van der Waals surface area (Å²) >= 11 is 5.95. The second-order valence-corrected chi connectivity index (χ2v) is 3.98. The number of carbonyl (C=O) groups is 1. The molecule has 0 amide bonds. The van der Waals surface area contributed by atoms with Crippen LogP contribution in [-0.2, 0) is 4.79 Å². The van der Waals surface area contributed by atoms with Gasteiger partial charge >= 0.3 is 5.97 Å². The molecule has 1 rings (SSSR count). The Kier molecular flexibility index (Phi) is 4.58. The van der Waals surface area contributed by atoms with Crippen LogP contribution in [0.25, 0.3) is 0 Å². The third kappa shape index (κ3) is 3.40. The molecular weight excluding hydrogens is 228 g/mol. The van der Waals surface area contributed by atoms with Crippen molar-refractivity contribution in [3.8, 4) is 0 Å². The van der Waals surface area contributed by atoms with Gasteiger partial charge in [0.1, 0.15) is 6.04 Å². The van der Waals surface area contributed by atoms with Crippen molar-refractivity contribution in [3.63, 3.8) is 0 Å². The first-order chi connectivity index (χ1) is 7.52.